The number of fused-ring (bicyclic) bond motifs is 2. The van der Waals surface area contributed by atoms with Crippen molar-refractivity contribution in [3.05, 3.63) is 72.1 Å². The highest BCUT2D eigenvalue weighted by Crippen LogP contribution is 2.20. The van der Waals surface area contributed by atoms with E-state index in [4.69, 9.17) is 5.73 Å². The van der Waals surface area contributed by atoms with Gasteiger partial charge >= 0.3 is 11.9 Å². The zero-order valence-corrected chi connectivity index (χ0v) is 24.4. The van der Waals surface area contributed by atoms with Crippen molar-refractivity contribution >= 4 is 51.5 Å². The highest BCUT2D eigenvalue weighted by atomic mass is 16.4. The summed E-state index contributed by atoms with van der Waals surface area (Å²) < 4.78 is 0. The standard InChI is InChI=1S/C31H36N6O8/c1-16(38)27(31(44)45)37-30(43)25(13-18-15-34-23-9-5-3-7-20(18)23)36-29(42)24(10-11-26(39)40)35-28(41)21(32)12-17-14-33-22-8-4-2-6-19(17)22/h2-9,14-16,21,24-25,27,33-34,38H,10-13,32H2,1H3,(H,35,41)(H,36,42)(H,37,43)(H,39,40)(H,44,45). The van der Waals surface area contributed by atoms with Gasteiger partial charge < -0.3 is 47.0 Å². The van der Waals surface area contributed by atoms with E-state index in [0.717, 1.165) is 27.4 Å². The van der Waals surface area contributed by atoms with E-state index in [2.05, 4.69) is 25.9 Å². The summed E-state index contributed by atoms with van der Waals surface area (Å²) >= 11 is 0. The molecule has 0 radical (unpaired) electrons. The van der Waals surface area contributed by atoms with Crippen LogP contribution in [-0.4, -0.2) is 85.2 Å². The topological polar surface area (TPSA) is 240 Å². The lowest BCUT2D eigenvalue weighted by Crippen LogP contribution is -2.59. The minimum atomic E-state index is -1.66. The van der Waals surface area contributed by atoms with Crippen LogP contribution in [0.25, 0.3) is 21.8 Å². The molecular weight excluding hydrogens is 584 g/mol. The number of para-hydroxylation sites is 2. The van der Waals surface area contributed by atoms with E-state index in [0.29, 0.717) is 5.56 Å². The Morgan fingerprint density at radius 1 is 0.756 bits per heavy atom. The van der Waals surface area contributed by atoms with Crippen molar-refractivity contribution in [3.8, 4) is 0 Å². The number of nitrogens with one attached hydrogen (secondary N) is 5. The molecule has 0 fully saturated rings. The molecule has 5 unspecified atom stereocenters. The molecule has 0 aliphatic rings. The Balaban J connectivity index is 1.54. The first-order chi connectivity index (χ1) is 21.4. The second kappa shape index (κ2) is 14.5. The Morgan fingerprint density at radius 3 is 1.80 bits per heavy atom. The normalized spacial score (nSPS) is 14.6. The fraction of sp³-hybridized carbons (Fsp3) is 0.323. The number of aliphatic hydroxyl groups is 1. The molecule has 238 valence electrons. The van der Waals surface area contributed by atoms with Crippen molar-refractivity contribution < 1.29 is 39.3 Å². The molecule has 0 spiro atoms. The molecule has 0 bridgehead atoms. The van der Waals surface area contributed by atoms with Gasteiger partial charge in [0.15, 0.2) is 6.04 Å². The fourth-order valence-corrected chi connectivity index (χ4v) is 5.09. The van der Waals surface area contributed by atoms with E-state index in [1.165, 1.54) is 6.92 Å². The number of aliphatic carboxylic acids is 2. The van der Waals surface area contributed by atoms with E-state index < -0.39 is 66.4 Å². The zero-order chi connectivity index (χ0) is 32.7. The lowest BCUT2D eigenvalue weighted by Gasteiger charge is -2.25. The maximum atomic E-state index is 13.5. The summed E-state index contributed by atoms with van der Waals surface area (Å²) in [5, 5.41) is 37.6. The van der Waals surface area contributed by atoms with E-state index in [-0.39, 0.29) is 19.3 Å². The van der Waals surface area contributed by atoms with Gasteiger partial charge in [0, 0.05) is 47.0 Å². The van der Waals surface area contributed by atoms with E-state index in [1.54, 1.807) is 24.5 Å². The van der Waals surface area contributed by atoms with Gasteiger partial charge in [0.25, 0.3) is 0 Å². The Morgan fingerprint density at radius 2 is 1.27 bits per heavy atom. The van der Waals surface area contributed by atoms with Gasteiger partial charge in [-0.05, 0) is 43.0 Å². The third-order valence-electron chi connectivity index (χ3n) is 7.51. The molecule has 5 atom stereocenters. The minimum Gasteiger partial charge on any atom is -0.481 e. The van der Waals surface area contributed by atoms with Crippen molar-refractivity contribution in [2.75, 3.05) is 0 Å². The number of aromatic nitrogens is 2. The van der Waals surface area contributed by atoms with Crippen LogP contribution in [0.4, 0.5) is 0 Å². The molecule has 4 aromatic rings. The molecule has 10 N–H and O–H groups in total. The monoisotopic (exact) mass is 620 g/mol. The van der Waals surface area contributed by atoms with Gasteiger partial charge in [0.1, 0.15) is 12.1 Å². The van der Waals surface area contributed by atoms with Gasteiger partial charge in [-0.25, -0.2) is 4.79 Å². The quantitative estimate of drug-likeness (QED) is 0.0900. The highest BCUT2D eigenvalue weighted by molar-refractivity contribution is 5.95. The SMILES string of the molecule is CC(O)C(NC(=O)C(Cc1c[nH]c2ccccc12)NC(=O)C(CCC(=O)O)NC(=O)C(N)Cc1c[nH]c2ccccc12)C(=O)O. The number of amides is 3. The van der Waals surface area contributed by atoms with Crippen molar-refractivity contribution in [1.29, 1.82) is 0 Å². The van der Waals surface area contributed by atoms with Gasteiger partial charge in [-0.3, -0.25) is 19.2 Å². The maximum absolute atomic E-state index is 13.5. The number of carbonyl (C=O) groups excluding carboxylic acids is 3. The number of carbonyl (C=O) groups is 5. The maximum Gasteiger partial charge on any atom is 0.328 e. The number of rotatable bonds is 15. The number of hydrogen-bond acceptors (Lipinski definition) is 7. The summed E-state index contributed by atoms with van der Waals surface area (Å²) in [6.45, 7) is 1.20. The van der Waals surface area contributed by atoms with Gasteiger partial charge in [-0.1, -0.05) is 36.4 Å². The number of hydrogen-bond donors (Lipinski definition) is 9. The summed E-state index contributed by atoms with van der Waals surface area (Å²) in [6, 6.07) is 9.19. The second-order valence-corrected chi connectivity index (χ2v) is 10.9. The average molecular weight is 621 g/mol. The Kier molecular flexibility index (Phi) is 10.5. The van der Waals surface area contributed by atoms with Crippen LogP contribution in [0.1, 0.15) is 30.9 Å². The van der Waals surface area contributed by atoms with Crippen LogP contribution in [0.5, 0.6) is 0 Å². The van der Waals surface area contributed by atoms with Crippen LogP contribution >= 0.6 is 0 Å². The Labute approximate surface area is 257 Å². The van der Waals surface area contributed by atoms with Gasteiger partial charge in [-0.15, -0.1) is 0 Å². The number of benzene rings is 2. The number of nitrogens with two attached hydrogens (primary N) is 1. The summed E-state index contributed by atoms with van der Waals surface area (Å²) in [5.41, 5.74) is 9.22. The van der Waals surface area contributed by atoms with Crippen LogP contribution in [0.15, 0.2) is 60.9 Å². The molecule has 3 amide bonds. The van der Waals surface area contributed by atoms with Crippen LogP contribution in [0, 0.1) is 0 Å². The predicted octanol–water partition coefficient (Wildman–Crippen LogP) is 0.546. The largest absolute Gasteiger partial charge is 0.481 e. The highest BCUT2D eigenvalue weighted by Gasteiger charge is 2.33. The first-order valence-corrected chi connectivity index (χ1v) is 14.3. The number of carboxylic acid groups (broad SMARTS) is 2. The molecule has 14 nitrogen and oxygen atoms in total. The van der Waals surface area contributed by atoms with Crippen molar-refractivity contribution in [1.82, 2.24) is 25.9 Å². The van der Waals surface area contributed by atoms with Gasteiger partial charge in [0.2, 0.25) is 17.7 Å². The number of H-pyrrole nitrogens is 2. The lowest BCUT2D eigenvalue weighted by atomic mass is 10.0. The first kappa shape index (κ1) is 32.7. The molecule has 2 heterocycles. The fourth-order valence-electron chi connectivity index (χ4n) is 5.09. The molecule has 2 aromatic heterocycles. The second-order valence-electron chi connectivity index (χ2n) is 10.9. The molecule has 45 heavy (non-hydrogen) atoms. The summed E-state index contributed by atoms with van der Waals surface area (Å²) in [4.78, 5) is 69.2. The van der Waals surface area contributed by atoms with Crippen molar-refractivity contribution in [3.63, 3.8) is 0 Å². The van der Waals surface area contributed by atoms with Crippen LogP contribution in [0.2, 0.25) is 0 Å². The molecule has 0 aliphatic heterocycles. The number of carboxylic acids is 2. The molecular formula is C31H36N6O8. The van der Waals surface area contributed by atoms with Gasteiger partial charge in [-0.2, -0.15) is 0 Å². The molecule has 14 heteroatoms. The molecule has 0 aliphatic carbocycles. The smallest absolute Gasteiger partial charge is 0.328 e. The zero-order valence-electron chi connectivity index (χ0n) is 24.4. The summed E-state index contributed by atoms with van der Waals surface area (Å²) in [5.74, 6) is -5.16. The third kappa shape index (κ3) is 8.25. The van der Waals surface area contributed by atoms with Crippen LogP contribution in [-0.2, 0) is 36.8 Å². The van der Waals surface area contributed by atoms with Gasteiger partial charge in [0.05, 0.1) is 12.1 Å². The van der Waals surface area contributed by atoms with Crippen molar-refractivity contribution in [2.24, 2.45) is 5.73 Å². The first-order valence-electron chi connectivity index (χ1n) is 14.3. The van der Waals surface area contributed by atoms with Crippen LogP contribution < -0.4 is 21.7 Å². The molecule has 0 saturated heterocycles. The van der Waals surface area contributed by atoms with Crippen molar-refractivity contribution in [2.45, 2.75) is 62.9 Å². The minimum absolute atomic E-state index is 0.0899. The molecule has 2 aromatic carbocycles. The Bertz CT molecular complexity index is 1700. The number of aliphatic hydroxyl groups excluding tert-OH is 1. The molecule has 0 saturated carbocycles. The van der Waals surface area contributed by atoms with Crippen LogP contribution in [0.3, 0.4) is 0 Å². The Hall–Kier alpha value is -5.21. The van der Waals surface area contributed by atoms with E-state index in [9.17, 15) is 39.3 Å². The molecule has 4 rings (SSSR count). The lowest BCUT2D eigenvalue weighted by molar-refractivity contribution is -0.145. The number of aromatic amines is 2. The summed E-state index contributed by atoms with van der Waals surface area (Å²) in [6.07, 6.45) is 1.19. The predicted molar refractivity (Wildman–Crippen MR) is 164 cm³/mol. The van der Waals surface area contributed by atoms with E-state index in [1.807, 2.05) is 36.4 Å². The third-order valence-corrected chi connectivity index (χ3v) is 7.51. The van der Waals surface area contributed by atoms with E-state index >= 15 is 0 Å². The average Bonchev–Trinajstić information content (AvgIpc) is 3.60. The summed E-state index contributed by atoms with van der Waals surface area (Å²) in [7, 11) is 0.